The average Bonchev–Trinajstić information content (AvgIpc) is 2.78. The van der Waals surface area contributed by atoms with E-state index >= 15 is 0 Å². The van der Waals surface area contributed by atoms with Crippen molar-refractivity contribution < 1.29 is 19.8 Å². The van der Waals surface area contributed by atoms with Crippen molar-refractivity contribution in [2.75, 3.05) is 0 Å². The molecular formula is C28H53NO4. The topological polar surface area (TPSA) is 86.6 Å². The van der Waals surface area contributed by atoms with Gasteiger partial charge in [0.1, 0.15) is 0 Å². The monoisotopic (exact) mass is 467 g/mol. The molecule has 0 aliphatic rings. The lowest BCUT2D eigenvalue weighted by atomic mass is 10.0. The summed E-state index contributed by atoms with van der Waals surface area (Å²) in [6, 6.07) is -1.22. The fourth-order valence-electron chi connectivity index (χ4n) is 4.05. The number of aliphatic hydroxyl groups excluding tert-OH is 1. The van der Waals surface area contributed by atoms with E-state index in [0.29, 0.717) is 6.42 Å². The average molecular weight is 468 g/mol. The molecule has 0 radical (unpaired) electrons. The van der Waals surface area contributed by atoms with Gasteiger partial charge in [0, 0.05) is 6.42 Å². The van der Waals surface area contributed by atoms with Crippen molar-refractivity contribution in [3.63, 3.8) is 0 Å². The number of allylic oxidation sites excluding steroid dienone is 2. The minimum absolute atomic E-state index is 0.295. The number of nitrogens with one attached hydrogen (secondary N) is 1. The minimum Gasteiger partial charge on any atom is -0.480 e. The molecule has 5 heteroatoms. The smallest absolute Gasteiger partial charge is 0.328 e. The molecule has 194 valence electrons. The van der Waals surface area contributed by atoms with E-state index in [1.165, 1.54) is 110 Å². The molecule has 0 bridgehead atoms. The van der Waals surface area contributed by atoms with E-state index < -0.39 is 18.1 Å². The van der Waals surface area contributed by atoms with Crippen LogP contribution in [0.5, 0.6) is 0 Å². The van der Waals surface area contributed by atoms with E-state index in [0.717, 1.165) is 19.3 Å². The molecule has 0 saturated carbocycles. The number of carboxylic acids is 1. The highest BCUT2D eigenvalue weighted by molar-refractivity contribution is 5.83. The lowest BCUT2D eigenvalue weighted by molar-refractivity contribution is -0.144. The summed E-state index contributed by atoms with van der Waals surface area (Å²) in [5.74, 6) is -1.49. The number of carbonyl (C=O) groups is 2. The van der Waals surface area contributed by atoms with Gasteiger partial charge in [-0.25, -0.2) is 4.79 Å². The van der Waals surface area contributed by atoms with Crippen LogP contribution in [0.4, 0.5) is 0 Å². The van der Waals surface area contributed by atoms with Crippen LogP contribution in [-0.2, 0) is 9.59 Å². The summed E-state index contributed by atoms with van der Waals surface area (Å²) in [7, 11) is 0. The Hall–Kier alpha value is -1.36. The maximum absolute atomic E-state index is 11.8. The molecule has 0 aromatic rings. The van der Waals surface area contributed by atoms with Crippen LogP contribution in [0.25, 0.3) is 0 Å². The van der Waals surface area contributed by atoms with Crippen LogP contribution >= 0.6 is 0 Å². The van der Waals surface area contributed by atoms with E-state index in [1.807, 2.05) is 0 Å². The van der Waals surface area contributed by atoms with E-state index in [1.54, 1.807) is 0 Å². The Kier molecular flexibility index (Phi) is 22.8. The minimum atomic E-state index is -1.22. The third-order valence-electron chi connectivity index (χ3n) is 6.23. The highest BCUT2D eigenvalue weighted by Crippen LogP contribution is 2.13. The number of hydrogen-bond acceptors (Lipinski definition) is 3. The van der Waals surface area contributed by atoms with Gasteiger partial charge >= 0.3 is 5.97 Å². The number of amides is 1. The lowest BCUT2D eigenvalue weighted by Gasteiger charge is -2.16. The zero-order valence-electron chi connectivity index (χ0n) is 21.7. The van der Waals surface area contributed by atoms with Gasteiger partial charge in [-0.1, -0.05) is 109 Å². The quantitative estimate of drug-likeness (QED) is 0.103. The standard InChI is InChI=1S/C28H53NO4/c1-3-4-5-6-7-8-9-10-11-12-13-14-15-16-17-18-19-20-21-22-23-24-26(31)29-27(25(2)30)28(32)33/h10-11,25,27,30H,3-9,12-24H2,1-2H3,(H,29,31)(H,32,33)/b11-10+. The summed E-state index contributed by atoms with van der Waals surface area (Å²) in [4.78, 5) is 22.7. The van der Waals surface area contributed by atoms with Gasteiger partial charge in [0.2, 0.25) is 5.91 Å². The van der Waals surface area contributed by atoms with Crippen LogP contribution in [0.15, 0.2) is 12.2 Å². The summed E-state index contributed by atoms with van der Waals surface area (Å²) in [6.07, 6.45) is 28.1. The van der Waals surface area contributed by atoms with Crippen molar-refractivity contribution in [2.45, 2.75) is 154 Å². The molecule has 33 heavy (non-hydrogen) atoms. The second-order valence-electron chi connectivity index (χ2n) is 9.58. The molecule has 5 nitrogen and oxygen atoms in total. The predicted octanol–water partition coefficient (Wildman–Crippen LogP) is 7.31. The molecule has 0 spiro atoms. The predicted molar refractivity (Wildman–Crippen MR) is 138 cm³/mol. The van der Waals surface area contributed by atoms with Crippen molar-refractivity contribution in [1.82, 2.24) is 5.32 Å². The van der Waals surface area contributed by atoms with Crippen LogP contribution in [0, 0.1) is 0 Å². The number of rotatable bonds is 24. The highest BCUT2D eigenvalue weighted by Gasteiger charge is 2.24. The number of carboxylic acid groups (broad SMARTS) is 1. The second-order valence-corrected chi connectivity index (χ2v) is 9.58. The SMILES string of the molecule is CCCCCCCC/C=C/CCCCCCCCCCCCCC(=O)NC(C(=O)O)C(C)O. The van der Waals surface area contributed by atoms with E-state index in [2.05, 4.69) is 24.4 Å². The Morgan fingerprint density at radius 2 is 1.09 bits per heavy atom. The molecule has 0 fully saturated rings. The van der Waals surface area contributed by atoms with Crippen LogP contribution in [0.2, 0.25) is 0 Å². The maximum atomic E-state index is 11.8. The number of aliphatic carboxylic acids is 1. The zero-order chi connectivity index (χ0) is 24.6. The molecule has 0 aromatic carbocycles. The molecular weight excluding hydrogens is 414 g/mol. The third kappa shape index (κ3) is 22.2. The van der Waals surface area contributed by atoms with E-state index in [4.69, 9.17) is 5.11 Å². The molecule has 0 aliphatic carbocycles. The van der Waals surface area contributed by atoms with Gasteiger partial charge in [0.15, 0.2) is 6.04 Å². The summed E-state index contributed by atoms with van der Waals surface area (Å²) in [5, 5.41) is 20.7. The fourth-order valence-corrected chi connectivity index (χ4v) is 4.05. The third-order valence-corrected chi connectivity index (χ3v) is 6.23. The number of hydrogen-bond donors (Lipinski definition) is 3. The molecule has 1 amide bonds. The number of carbonyl (C=O) groups excluding carboxylic acids is 1. The van der Waals surface area contributed by atoms with E-state index in [-0.39, 0.29) is 5.91 Å². The Labute approximate surface area is 203 Å². The molecule has 0 aliphatic heterocycles. The highest BCUT2D eigenvalue weighted by atomic mass is 16.4. The van der Waals surface area contributed by atoms with Crippen molar-refractivity contribution in [3.05, 3.63) is 12.2 Å². The number of unbranched alkanes of at least 4 members (excludes halogenated alkanes) is 17. The first-order valence-corrected chi connectivity index (χ1v) is 13.8. The largest absolute Gasteiger partial charge is 0.480 e. The van der Waals surface area contributed by atoms with Crippen LogP contribution in [0.3, 0.4) is 0 Å². The Bertz CT molecular complexity index is 490. The first-order chi connectivity index (χ1) is 16.0. The summed E-state index contributed by atoms with van der Waals surface area (Å²) in [5.41, 5.74) is 0. The van der Waals surface area contributed by atoms with Crippen molar-refractivity contribution in [3.8, 4) is 0 Å². The maximum Gasteiger partial charge on any atom is 0.328 e. The van der Waals surface area contributed by atoms with Crippen LogP contribution < -0.4 is 5.32 Å². The first kappa shape index (κ1) is 31.6. The zero-order valence-corrected chi connectivity index (χ0v) is 21.7. The Morgan fingerprint density at radius 3 is 1.48 bits per heavy atom. The van der Waals surface area contributed by atoms with Crippen molar-refractivity contribution in [2.24, 2.45) is 0 Å². The Balaban J connectivity index is 3.32. The lowest BCUT2D eigenvalue weighted by Crippen LogP contribution is -2.47. The molecule has 0 heterocycles. The molecule has 0 saturated heterocycles. The molecule has 2 unspecified atom stereocenters. The van der Waals surface area contributed by atoms with Gasteiger partial charge in [-0.3, -0.25) is 4.79 Å². The molecule has 0 rings (SSSR count). The summed E-state index contributed by atoms with van der Waals surface area (Å²) in [6.45, 7) is 3.64. The molecule has 3 N–H and O–H groups in total. The van der Waals surface area contributed by atoms with Gasteiger partial charge in [-0.2, -0.15) is 0 Å². The molecule has 2 atom stereocenters. The normalized spacial score (nSPS) is 13.3. The number of aliphatic hydroxyl groups is 1. The van der Waals surface area contributed by atoms with Gasteiger partial charge in [-0.15, -0.1) is 0 Å². The van der Waals surface area contributed by atoms with Crippen molar-refractivity contribution >= 4 is 11.9 Å². The van der Waals surface area contributed by atoms with Crippen molar-refractivity contribution in [1.29, 1.82) is 0 Å². The fraction of sp³-hybridized carbons (Fsp3) is 0.857. The molecule has 0 aromatic heterocycles. The van der Waals surface area contributed by atoms with Gasteiger partial charge < -0.3 is 15.5 Å². The Morgan fingerprint density at radius 1 is 0.697 bits per heavy atom. The van der Waals surface area contributed by atoms with E-state index in [9.17, 15) is 14.7 Å². The van der Waals surface area contributed by atoms with Gasteiger partial charge in [0.25, 0.3) is 0 Å². The van der Waals surface area contributed by atoms with Gasteiger partial charge in [-0.05, 0) is 39.0 Å². The van der Waals surface area contributed by atoms with Crippen LogP contribution in [-0.4, -0.2) is 34.2 Å². The summed E-state index contributed by atoms with van der Waals surface area (Å²) < 4.78 is 0. The van der Waals surface area contributed by atoms with Gasteiger partial charge in [0.05, 0.1) is 6.10 Å². The second kappa shape index (κ2) is 23.8. The summed E-state index contributed by atoms with van der Waals surface area (Å²) >= 11 is 0. The van der Waals surface area contributed by atoms with Crippen LogP contribution in [0.1, 0.15) is 142 Å². The first-order valence-electron chi connectivity index (χ1n) is 13.8.